The number of thioether (sulfide) groups is 1. The predicted molar refractivity (Wildman–Crippen MR) is 63.5 cm³/mol. The zero-order chi connectivity index (χ0) is 11.5. The average Bonchev–Trinajstić information content (AvgIpc) is 2.73. The number of imidazole rings is 1. The highest BCUT2D eigenvalue weighted by atomic mass is 32.2. The molecule has 2 aromatic heterocycles. The van der Waals surface area contributed by atoms with E-state index in [-0.39, 0.29) is 11.8 Å². The van der Waals surface area contributed by atoms with E-state index in [9.17, 15) is 0 Å². The Morgan fingerprint density at radius 3 is 3.12 bits per heavy atom. The van der Waals surface area contributed by atoms with Crippen LogP contribution in [0.1, 0.15) is 6.92 Å². The van der Waals surface area contributed by atoms with Crippen molar-refractivity contribution in [2.24, 2.45) is 11.7 Å². The van der Waals surface area contributed by atoms with Gasteiger partial charge >= 0.3 is 0 Å². The summed E-state index contributed by atoms with van der Waals surface area (Å²) in [4.78, 5) is 15.3. The highest BCUT2D eigenvalue weighted by Crippen LogP contribution is 2.23. The molecule has 1 atom stereocenters. The normalized spacial score (nSPS) is 12.8. The molecule has 2 heterocycles. The first kappa shape index (κ1) is 10.9. The van der Waals surface area contributed by atoms with Crippen molar-refractivity contribution in [3.63, 3.8) is 0 Å². The molecular weight excluding hydrogens is 224 g/mol. The van der Waals surface area contributed by atoms with Crippen molar-refractivity contribution >= 4 is 28.8 Å². The minimum absolute atomic E-state index is 0.0398. The molecule has 2 rings (SSSR count). The first-order chi connectivity index (χ1) is 7.68. The van der Waals surface area contributed by atoms with Crippen LogP contribution in [0.3, 0.4) is 0 Å². The van der Waals surface area contributed by atoms with Crippen molar-refractivity contribution in [3.8, 4) is 0 Å². The molecule has 1 unspecified atom stereocenters. The molecule has 0 aliphatic heterocycles. The van der Waals surface area contributed by atoms with Gasteiger partial charge in [0.1, 0.15) is 16.9 Å². The Morgan fingerprint density at radius 2 is 2.38 bits per heavy atom. The van der Waals surface area contributed by atoms with Crippen LogP contribution in [-0.4, -0.2) is 31.5 Å². The molecule has 0 saturated heterocycles. The third kappa shape index (κ3) is 2.13. The summed E-state index contributed by atoms with van der Waals surface area (Å²) in [5, 5.41) is 8.15. The van der Waals surface area contributed by atoms with Gasteiger partial charge < -0.3 is 10.7 Å². The van der Waals surface area contributed by atoms with Crippen LogP contribution in [-0.2, 0) is 0 Å². The Hall–Kier alpha value is -1.63. The lowest BCUT2D eigenvalue weighted by Gasteiger charge is -2.07. The summed E-state index contributed by atoms with van der Waals surface area (Å²) in [6.07, 6.45) is 3.09. The molecule has 0 amide bonds. The maximum atomic E-state index is 7.31. The van der Waals surface area contributed by atoms with Crippen LogP contribution in [0.2, 0.25) is 0 Å². The van der Waals surface area contributed by atoms with E-state index in [4.69, 9.17) is 11.1 Å². The van der Waals surface area contributed by atoms with Gasteiger partial charge in [0, 0.05) is 11.7 Å². The summed E-state index contributed by atoms with van der Waals surface area (Å²) in [6, 6.07) is 0. The Labute approximate surface area is 96.6 Å². The molecule has 2 aromatic rings. The lowest BCUT2D eigenvalue weighted by molar-refractivity contribution is 0.877. The van der Waals surface area contributed by atoms with E-state index in [2.05, 4.69) is 19.9 Å². The van der Waals surface area contributed by atoms with Crippen LogP contribution in [0, 0.1) is 11.3 Å². The maximum Gasteiger partial charge on any atom is 0.181 e. The summed E-state index contributed by atoms with van der Waals surface area (Å²) < 4.78 is 0. The number of nitrogens with one attached hydrogen (secondary N) is 2. The number of hydrogen-bond acceptors (Lipinski definition) is 5. The van der Waals surface area contributed by atoms with Crippen LogP contribution < -0.4 is 5.73 Å². The van der Waals surface area contributed by atoms with E-state index < -0.39 is 0 Å². The molecule has 0 radical (unpaired) electrons. The molecule has 0 aliphatic carbocycles. The zero-order valence-corrected chi connectivity index (χ0v) is 9.58. The van der Waals surface area contributed by atoms with Crippen molar-refractivity contribution < 1.29 is 0 Å². The van der Waals surface area contributed by atoms with Crippen molar-refractivity contribution in [3.05, 3.63) is 12.7 Å². The van der Waals surface area contributed by atoms with E-state index in [0.29, 0.717) is 5.65 Å². The van der Waals surface area contributed by atoms with Crippen LogP contribution >= 0.6 is 11.8 Å². The number of H-pyrrole nitrogens is 1. The van der Waals surface area contributed by atoms with Gasteiger partial charge in [-0.25, -0.2) is 15.0 Å². The highest BCUT2D eigenvalue weighted by molar-refractivity contribution is 7.99. The summed E-state index contributed by atoms with van der Waals surface area (Å²) >= 11 is 1.55. The SMILES string of the molecule is CC(CSc1ncnc2nc[nH]c12)C(=N)N. The molecule has 0 saturated carbocycles. The fourth-order valence-electron chi connectivity index (χ4n) is 1.15. The van der Waals surface area contributed by atoms with Gasteiger partial charge in [-0.05, 0) is 0 Å². The van der Waals surface area contributed by atoms with Gasteiger partial charge in [0.25, 0.3) is 0 Å². The van der Waals surface area contributed by atoms with Gasteiger partial charge in [-0.2, -0.15) is 0 Å². The minimum Gasteiger partial charge on any atom is -0.387 e. The van der Waals surface area contributed by atoms with Crippen molar-refractivity contribution in [1.29, 1.82) is 5.41 Å². The van der Waals surface area contributed by atoms with Crippen molar-refractivity contribution in [1.82, 2.24) is 19.9 Å². The fourth-order valence-corrected chi connectivity index (χ4v) is 2.15. The van der Waals surface area contributed by atoms with Crippen molar-refractivity contribution in [2.75, 3.05) is 5.75 Å². The minimum atomic E-state index is 0.0398. The standard InChI is InChI=1S/C9H12N6S/c1-5(7(10)11)2-16-9-6-8(13-3-12-6)14-4-15-9/h3-5H,2H2,1H3,(H3,10,11)(H,12,13,14,15). The van der Waals surface area contributed by atoms with E-state index in [1.807, 2.05) is 6.92 Å². The Morgan fingerprint density at radius 1 is 1.56 bits per heavy atom. The first-order valence-electron chi connectivity index (χ1n) is 4.79. The molecule has 0 aliphatic rings. The maximum absolute atomic E-state index is 7.31. The molecule has 7 heteroatoms. The third-order valence-electron chi connectivity index (χ3n) is 2.19. The highest BCUT2D eigenvalue weighted by Gasteiger charge is 2.10. The Kier molecular flexibility index (Phi) is 3.04. The van der Waals surface area contributed by atoms with E-state index in [0.717, 1.165) is 16.3 Å². The number of fused-ring (bicyclic) bond motifs is 1. The van der Waals surface area contributed by atoms with Gasteiger partial charge in [-0.3, -0.25) is 5.41 Å². The monoisotopic (exact) mass is 236 g/mol. The second-order valence-electron chi connectivity index (χ2n) is 3.45. The molecule has 4 N–H and O–H groups in total. The lowest BCUT2D eigenvalue weighted by atomic mass is 10.2. The van der Waals surface area contributed by atoms with Crippen LogP contribution in [0.25, 0.3) is 11.2 Å². The zero-order valence-electron chi connectivity index (χ0n) is 8.77. The van der Waals surface area contributed by atoms with Gasteiger partial charge in [0.15, 0.2) is 5.65 Å². The van der Waals surface area contributed by atoms with E-state index in [1.54, 1.807) is 18.1 Å². The lowest BCUT2D eigenvalue weighted by Crippen LogP contribution is -2.21. The fraction of sp³-hybridized carbons (Fsp3) is 0.333. The van der Waals surface area contributed by atoms with Crippen LogP contribution in [0.4, 0.5) is 0 Å². The number of aromatic nitrogens is 4. The van der Waals surface area contributed by atoms with Gasteiger partial charge in [-0.15, -0.1) is 11.8 Å². The molecule has 16 heavy (non-hydrogen) atoms. The number of nitrogens with zero attached hydrogens (tertiary/aromatic N) is 3. The number of nitrogens with two attached hydrogens (primary N) is 1. The van der Waals surface area contributed by atoms with Crippen LogP contribution in [0.15, 0.2) is 17.7 Å². The largest absolute Gasteiger partial charge is 0.387 e. The predicted octanol–water partition coefficient (Wildman–Crippen LogP) is 1.02. The van der Waals surface area contributed by atoms with Gasteiger partial charge in [0.2, 0.25) is 0 Å². The number of rotatable bonds is 4. The summed E-state index contributed by atoms with van der Waals surface area (Å²) in [7, 11) is 0. The molecule has 0 fully saturated rings. The number of aromatic amines is 1. The summed E-state index contributed by atoms with van der Waals surface area (Å²) in [6.45, 7) is 1.92. The Bertz CT molecular complexity index is 507. The van der Waals surface area contributed by atoms with Crippen LogP contribution in [0.5, 0.6) is 0 Å². The molecular formula is C9H12N6S. The first-order valence-corrected chi connectivity index (χ1v) is 5.78. The molecule has 0 bridgehead atoms. The quantitative estimate of drug-likeness (QED) is 0.318. The molecule has 0 aromatic carbocycles. The molecule has 0 spiro atoms. The summed E-state index contributed by atoms with van der Waals surface area (Å²) in [5.74, 6) is 0.959. The van der Waals surface area contributed by atoms with E-state index >= 15 is 0 Å². The topological polar surface area (TPSA) is 104 Å². The smallest absolute Gasteiger partial charge is 0.181 e. The number of hydrogen-bond donors (Lipinski definition) is 3. The number of amidine groups is 1. The average molecular weight is 236 g/mol. The molecule has 84 valence electrons. The van der Waals surface area contributed by atoms with Gasteiger partial charge in [-0.1, -0.05) is 6.92 Å². The second-order valence-corrected chi connectivity index (χ2v) is 4.46. The Balaban J connectivity index is 2.15. The van der Waals surface area contributed by atoms with Gasteiger partial charge in [0.05, 0.1) is 12.2 Å². The van der Waals surface area contributed by atoms with Crippen molar-refractivity contribution in [2.45, 2.75) is 11.9 Å². The van der Waals surface area contributed by atoms with E-state index in [1.165, 1.54) is 6.33 Å². The second kappa shape index (κ2) is 4.48. The molecule has 6 nitrogen and oxygen atoms in total. The third-order valence-corrected chi connectivity index (χ3v) is 3.44. The summed E-state index contributed by atoms with van der Waals surface area (Å²) in [5.41, 5.74) is 6.91.